The van der Waals surface area contributed by atoms with Crippen molar-refractivity contribution in [3.8, 4) is 0 Å². The highest BCUT2D eigenvalue weighted by Crippen LogP contribution is 2.19. The number of aliphatic hydroxyl groups is 1. The molecule has 0 fully saturated rings. The van der Waals surface area contributed by atoms with Gasteiger partial charge in [-0.2, -0.15) is 0 Å². The summed E-state index contributed by atoms with van der Waals surface area (Å²) in [6.07, 6.45) is 0.457. The maximum Gasteiger partial charge on any atom is 0.242 e. The monoisotopic (exact) mass is 272 g/mol. The largest absolute Gasteiger partial charge is 0.398 e. The Morgan fingerprint density at radius 1 is 1.44 bits per heavy atom. The second-order valence-electron chi connectivity index (χ2n) is 4.72. The van der Waals surface area contributed by atoms with Crippen LogP contribution >= 0.6 is 0 Å². The third kappa shape index (κ3) is 3.69. The first-order valence-electron chi connectivity index (χ1n) is 5.76. The SMILES string of the molecule is CCC(C)(O)CNS(=O)(=O)c1ccc(C)cc1N. The van der Waals surface area contributed by atoms with E-state index in [9.17, 15) is 13.5 Å². The zero-order valence-electron chi connectivity index (χ0n) is 10.9. The number of nitrogens with one attached hydrogen (secondary N) is 1. The molecule has 0 spiro atoms. The van der Waals surface area contributed by atoms with Crippen LogP contribution in [-0.4, -0.2) is 25.7 Å². The van der Waals surface area contributed by atoms with Crippen molar-refractivity contribution in [2.24, 2.45) is 0 Å². The Bertz CT molecular complexity index is 524. The van der Waals surface area contributed by atoms with Gasteiger partial charge in [-0.3, -0.25) is 0 Å². The van der Waals surface area contributed by atoms with Crippen LogP contribution in [0.2, 0.25) is 0 Å². The van der Waals surface area contributed by atoms with Crippen molar-refractivity contribution in [2.45, 2.75) is 37.7 Å². The first-order chi connectivity index (χ1) is 8.18. The lowest BCUT2D eigenvalue weighted by Crippen LogP contribution is -2.40. The molecule has 6 heteroatoms. The highest BCUT2D eigenvalue weighted by Gasteiger charge is 2.23. The molecule has 0 saturated carbocycles. The zero-order chi connectivity index (χ0) is 14.0. The first-order valence-corrected chi connectivity index (χ1v) is 7.24. The van der Waals surface area contributed by atoms with E-state index >= 15 is 0 Å². The number of hydrogen-bond donors (Lipinski definition) is 3. The fourth-order valence-corrected chi connectivity index (χ4v) is 2.64. The van der Waals surface area contributed by atoms with Crippen LogP contribution in [0, 0.1) is 6.92 Å². The van der Waals surface area contributed by atoms with Gasteiger partial charge in [0.05, 0.1) is 11.3 Å². The minimum Gasteiger partial charge on any atom is -0.398 e. The quantitative estimate of drug-likeness (QED) is 0.698. The molecule has 1 atom stereocenters. The van der Waals surface area contributed by atoms with E-state index in [-0.39, 0.29) is 17.1 Å². The van der Waals surface area contributed by atoms with E-state index in [4.69, 9.17) is 5.73 Å². The van der Waals surface area contributed by atoms with E-state index in [1.165, 1.54) is 6.07 Å². The smallest absolute Gasteiger partial charge is 0.242 e. The summed E-state index contributed by atoms with van der Waals surface area (Å²) in [5.41, 5.74) is 5.74. The number of hydrogen-bond acceptors (Lipinski definition) is 4. The van der Waals surface area contributed by atoms with Gasteiger partial charge in [0, 0.05) is 6.54 Å². The summed E-state index contributed by atoms with van der Waals surface area (Å²) < 4.78 is 26.4. The van der Waals surface area contributed by atoms with Crippen molar-refractivity contribution in [2.75, 3.05) is 12.3 Å². The van der Waals surface area contributed by atoms with Crippen LogP contribution in [0.3, 0.4) is 0 Å². The minimum atomic E-state index is -3.69. The standard InChI is InChI=1S/C12H20N2O3S/c1-4-12(3,15)8-14-18(16,17)11-6-5-9(2)7-10(11)13/h5-7,14-15H,4,8,13H2,1-3H3. The first kappa shape index (κ1) is 14.9. The van der Waals surface area contributed by atoms with Gasteiger partial charge >= 0.3 is 0 Å². The normalized spacial score (nSPS) is 15.3. The number of benzene rings is 1. The van der Waals surface area contributed by atoms with Crippen LogP contribution in [-0.2, 0) is 10.0 Å². The van der Waals surface area contributed by atoms with Gasteiger partial charge in [-0.1, -0.05) is 13.0 Å². The van der Waals surface area contributed by atoms with E-state index in [0.29, 0.717) is 6.42 Å². The van der Waals surface area contributed by atoms with Gasteiger partial charge in [-0.05, 0) is 38.0 Å². The lowest BCUT2D eigenvalue weighted by Gasteiger charge is -2.21. The number of rotatable bonds is 5. The lowest BCUT2D eigenvalue weighted by molar-refractivity contribution is 0.0613. The predicted octanol–water partition coefficient (Wildman–Crippen LogP) is 1.02. The van der Waals surface area contributed by atoms with E-state index in [2.05, 4.69) is 4.72 Å². The highest BCUT2D eigenvalue weighted by atomic mass is 32.2. The van der Waals surface area contributed by atoms with E-state index in [0.717, 1.165) is 5.56 Å². The van der Waals surface area contributed by atoms with Crippen molar-refractivity contribution >= 4 is 15.7 Å². The van der Waals surface area contributed by atoms with Gasteiger partial charge in [-0.25, -0.2) is 13.1 Å². The molecule has 1 aromatic carbocycles. The average molecular weight is 272 g/mol. The molecule has 0 aliphatic rings. The number of anilines is 1. The van der Waals surface area contributed by atoms with Gasteiger partial charge in [-0.15, -0.1) is 0 Å². The van der Waals surface area contributed by atoms with Crippen LogP contribution in [0.1, 0.15) is 25.8 Å². The van der Waals surface area contributed by atoms with Crippen molar-refractivity contribution in [1.82, 2.24) is 4.72 Å². The van der Waals surface area contributed by atoms with Crippen LogP contribution in [0.4, 0.5) is 5.69 Å². The third-order valence-corrected chi connectivity index (χ3v) is 4.33. The molecular formula is C12H20N2O3S. The molecule has 0 heterocycles. The number of aryl methyl sites for hydroxylation is 1. The van der Waals surface area contributed by atoms with E-state index in [1.807, 2.05) is 6.92 Å². The molecule has 4 N–H and O–H groups in total. The molecular weight excluding hydrogens is 252 g/mol. The van der Waals surface area contributed by atoms with E-state index in [1.54, 1.807) is 26.0 Å². The van der Waals surface area contributed by atoms with Crippen molar-refractivity contribution in [1.29, 1.82) is 0 Å². The molecule has 1 aromatic rings. The van der Waals surface area contributed by atoms with Crippen molar-refractivity contribution in [3.63, 3.8) is 0 Å². The van der Waals surface area contributed by atoms with Gasteiger partial charge < -0.3 is 10.8 Å². The van der Waals surface area contributed by atoms with Gasteiger partial charge in [0.25, 0.3) is 0 Å². The Balaban J connectivity index is 2.94. The molecule has 18 heavy (non-hydrogen) atoms. The van der Waals surface area contributed by atoms with Crippen molar-refractivity contribution < 1.29 is 13.5 Å². The number of nitrogens with two attached hydrogens (primary N) is 1. The number of nitrogen functional groups attached to an aromatic ring is 1. The Morgan fingerprint density at radius 3 is 2.56 bits per heavy atom. The molecule has 0 amide bonds. The van der Waals surface area contributed by atoms with Crippen LogP contribution < -0.4 is 10.5 Å². The average Bonchev–Trinajstić information content (AvgIpc) is 2.26. The summed E-state index contributed by atoms with van der Waals surface area (Å²) in [6, 6.07) is 4.75. The maximum atomic E-state index is 12.0. The minimum absolute atomic E-state index is 0.0417. The molecule has 5 nitrogen and oxygen atoms in total. The summed E-state index contributed by atoms with van der Waals surface area (Å²) in [4.78, 5) is 0.0417. The molecule has 0 aliphatic heterocycles. The summed E-state index contributed by atoms with van der Waals surface area (Å²) in [5, 5.41) is 9.79. The van der Waals surface area contributed by atoms with Gasteiger partial charge in [0.2, 0.25) is 10.0 Å². The van der Waals surface area contributed by atoms with Gasteiger partial charge in [0.15, 0.2) is 0 Å². The molecule has 0 aromatic heterocycles. The molecule has 1 rings (SSSR count). The molecule has 102 valence electrons. The second kappa shape index (κ2) is 5.26. The summed E-state index contributed by atoms with van der Waals surface area (Å²) in [7, 11) is -3.69. The van der Waals surface area contributed by atoms with Crippen molar-refractivity contribution in [3.05, 3.63) is 23.8 Å². The topological polar surface area (TPSA) is 92.4 Å². The Morgan fingerprint density at radius 2 is 2.06 bits per heavy atom. The zero-order valence-corrected chi connectivity index (χ0v) is 11.7. The lowest BCUT2D eigenvalue weighted by atomic mass is 10.1. The molecule has 0 radical (unpaired) electrons. The Hall–Kier alpha value is -1.11. The summed E-state index contributed by atoms with van der Waals surface area (Å²) in [6.45, 7) is 5.16. The Labute approximate surface area is 108 Å². The van der Waals surface area contributed by atoms with Crippen LogP contribution in [0.25, 0.3) is 0 Å². The van der Waals surface area contributed by atoms with E-state index < -0.39 is 15.6 Å². The summed E-state index contributed by atoms with van der Waals surface area (Å²) in [5.74, 6) is 0. The predicted molar refractivity (Wildman–Crippen MR) is 71.7 cm³/mol. The molecule has 1 unspecified atom stereocenters. The van der Waals surface area contributed by atoms with Gasteiger partial charge in [0.1, 0.15) is 4.90 Å². The fraction of sp³-hybridized carbons (Fsp3) is 0.500. The Kier molecular flexibility index (Phi) is 4.37. The van der Waals surface area contributed by atoms with Crippen LogP contribution in [0.5, 0.6) is 0 Å². The molecule has 0 bridgehead atoms. The maximum absolute atomic E-state index is 12.0. The summed E-state index contributed by atoms with van der Waals surface area (Å²) >= 11 is 0. The molecule has 0 aliphatic carbocycles. The number of sulfonamides is 1. The molecule has 0 saturated heterocycles. The second-order valence-corrected chi connectivity index (χ2v) is 6.45. The highest BCUT2D eigenvalue weighted by molar-refractivity contribution is 7.89. The van der Waals surface area contributed by atoms with Crippen LogP contribution in [0.15, 0.2) is 23.1 Å². The third-order valence-electron chi connectivity index (χ3n) is 2.86. The fourth-order valence-electron chi connectivity index (χ4n) is 1.37.